The van der Waals surface area contributed by atoms with E-state index in [4.69, 9.17) is 11.6 Å². The Morgan fingerprint density at radius 3 is 2.46 bits per heavy atom. The fraction of sp³-hybridized carbons (Fsp3) is 0.455. The maximum absolute atomic E-state index is 10.1. The average Bonchev–Trinajstić information content (AvgIpc) is 2.04. The first-order valence-electron chi connectivity index (χ1n) is 4.43. The first kappa shape index (κ1) is 10.6. The fourth-order valence-electron chi connectivity index (χ4n) is 1.14. The highest BCUT2D eigenvalue weighted by atomic mass is 35.5. The summed E-state index contributed by atoms with van der Waals surface area (Å²) < 4.78 is 0. The molecule has 13 heavy (non-hydrogen) atoms. The lowest BCUT2D eigenvalue weighted by Crippen LogP contribution is -2.27. The van der Waals surface area contributed by atoms with Gasteiger partial charge in [0.25, 0.3) is 0 Å². The second-order valence-electron chi connectivity index (χ2n) is 3.81. The van der Waals surface area contributed by atoms with E-state index in [2.05, 4.69) is 0 Å². The number of benzene rings is 1. The molecule has 0 aliphatic carbocycles. The molecule has 0 aromatic heterocycles. The number of hydrogen-bond acceptors (Lipinski definition) is 1. The minimum Gasteiger partial charge on any atom is -0.385 e. The molecule has 0 heterocycles. The van der Waals surface area contributed by atoms with E-state index in [1.165, 1.54) is 0 Å². The average molecular weight is 199 g/mol. The highest BCUT2D eigenvalue weighted by molar-refractivity contribution is 6.30. The molecule has 0 aliphatic rings. The third-order valence-electron chi connectivity index (χ3n) is 2.53. The second-order valence-corrected chi connectivity index (χ2v) is 4.25. The molecule has 0 fully saturated rings. The molecule has 0 aliphatic heterocycles. The molecule has 1 aromatic rings. The SMILES string of the molecule is CC(C)[C@](C)(O)c1cccc(Cl)c1. The van der Waals surface area contributed by atoms with Crippen molar-refractivity contribution < 1.29 is 5.11 Å². The van der Waals surface area contributed by atoms with E-state index in [-0.39, 0.29) is 5.92 Å². The third kappa shape index (κ3) is 2.23. The fourth-order valence-corrected chi connectivity index (χ4v) is 1.33. The lowest BCUT2D eigenvalue weighted by molar-refractivity contribution is 0.00906. The van der Waals surface area contributed by atoms with Crippen molar-refractivity contribution >= 4 is 11.6 Å². The summed E-state index contributed by atoms with van der Waals surface area (Å²) in [6, 6.07) is 7.36. The Kier molecular flexibility index (Phi) is 2.99. The Morgan fingerprint density at radius 1 is 1.38 bits per heavy atom. The van der Waals surface area contributed by atoms with Crippen molar-refractivity contribution in [3.63, 3.8) is 0 Å². The minimum atomic E-state index is -0.801. The van der Waals surface area contributed by atoms with E-state index in [1.807, 2.05) is 45.0 Å². The van der Waals surface area contributed by atoms with Crippen LogP contribution in [0.5, 0.6) is 0 Å². The van der Waals surface area contributed by atoms with Gasteiger partial charge in [0.1, 0.15) is 0 Å². The molecule has 0 radical (unpaired) electrons. The molecule has 1 rings (SSSR count). The molecular formula is C11H15ClO. The van der Waals surface area contributed by atoms with Gasteiger partial charge in [0.2, 0.25) is 0 Å². The van der Waals surface area contributed by atoms with Crippen LogP contribution in [0.2, 0.25) is 5.02 Å². The molecule has 0 amide bonds. The van der Waals surface area contributed by atoms with Crippen LogP contribution in [0.4, 0.5) is 0 Å². The van der Waals surface area contributed by atoms with Crippen molar-refractivity contribution in [1.29, 1.82) is 0 Å². The summed E-state index contributed by atoms with van der Waals surface area (Å²) in [5.41, 5.74) is 0.0697. The van der Waals surface area contributed by atoms with Crippen LogP contribution in [0.1, 0.15) is 26.3 Å². The smallest absolute Gasteiger partial charge is 0.0891 e. The number of halogens is 1. The summed E-state index contributed by atoms with van der Waals surface area (Å²) in [7, 11) is 0. The van der Waals surface area contributed by atoms with E-state index >= 15 is 0 Å². The van der Waals surface area contributed by atoms with Gasteiger partial charge in [0.05, 0.1) is 5.60 Å². The number of rotatable bonds is 2. The van der Waals surface area contributed by atoms with Gasteiger partial charge >= 0.3 is 0 Å². The first-order chi connectivity index (χ1) is 5.94. The Bertz CT molecular complexity index is 292. The topological polar surface area (TPSA) is 20.2 Å². The van der Waals surface area contributed by atoms with Crippen molar-refractivity contribution in [2.75, 3.05) is 0 Å². The van der Waals surface area contributed by atoms with Crippen LogP contribution >= 0.6 is 11.6 Å². The van der Waals surface area contributed by atoms with Crippen molar-refractivity contribution in [3.05, 3.63) is 34.9 Å². The monoisotopic (exact) mass is 198 g/mol. The molecular weight excluding hydrogens is 184 g/mol. The quantitative estimate of drug-likeness (QED) is 0.774. The van der Waals surface area contributed by atoms with Gasteiger partial charge in [-0.25, -0.2) is 0 Å². The maximum Gasteiger partial charge on any atom is 0.0891 e. The van der Waals surface area contributed by atoms with Crippen LogP contribution in [0.3, 0.4) is 0 Å². The molecule has 0 spiro atoms. The normalized spacial score (nSPS) is 15.8. The van der Waals surface area contributed by atoms with Crippen LogP contribution in [0.15, 0.2) is 24.3 Å². The van der Waals surface area contributed by atoms with E-state index in [0.29, 0.717) is 5.02 Å². The zero-order valence-electron chi connectivity index (χ0n) is 8.21. The summed E-state index contributed by atoms with van der Waals surface area (Å²) in [5.74, 6) is 0.172. The summed E-state index contributed by atoms with van der Waals surface area (Å²) in [4.78, 5) is 0. The molecule has 0 unspecified atom stereocenters. The Morgan fingerprint density at radius 2 is 2.00 bits per heavy atom. The van der Waals surface area contributed by atoms with E-state index in [0.717, 1.165) is 5.56 Å². The van der Waals surface area contributed by atoms with Crippen LogP contribution in [-0.2, 0) is 5.60 Å². The molecule has 1 aromatic carbocycles. The zero-order chi connectivity index (χ0) is 10.1. The summed E-state index contributed by atoms with van der Waals surface area (Å²) in [6.07, 6.45) is 0. The highest BCUT2D eigenvalue weighted by Gasteiger charge is 2.26. The largest absolute Gasteiger partial charge is 0.385 e. The van der Waals surface area contributed by atoms with Crippen molar-refractivity contribution in [3.8, 4) is 0 Å². The van der Waals surface area contributed by atoms with Gasteiger partial charge in [-0.05, 0) is 30.5 Å². The molecule has 1 N–H and O–H groups in total. The van der Waals surface area contributed by atoms with Crippen molar-refractivity contribution in [2.24, 2.45) is 5.92 Å². The minimum absolute atomic E-state index is 0.172. The lowest BCUT2D eigenvalue weighted by atomic mass is 9.85. The maximum atomic E-state index is 10.1. The predicted octanol–water partition coefficient (Wildman–Crippen LogP) is 3.20. The van der Waals surface area contributed by atoms with Crippen LogP contribution in [-0.4, -0.2) is 5.11 Å². The van der Waals surface area contributed by atoms with E-state index < -0.39 is 5.60 Å². The van der Waals surface area contributed by atoms with Crippen molar-refractivity contribution in [2.45, 2.75) is 26.4 Å². The summed E-state index contributed by atoms with van der Waals surface area (Å²) in [5, 5.41) is 10.8. The van der Waals surface area contributed by atoms with Gasteiger partial charge in [-0.1, -0.05) is 37.6 Å². The Balaban J connectivity index is 3.07. The highest BCUT2D eigenvalue weighted by Crippen LogP contribution is 2.29. The summed E-state index contributed by atoms with van der Waals surface area (Å²) in [6.45, 7) is 5.78. The lowest BCUT2D eigenvalue weighted by Gasteiger charge is -2.28. The van der Waals surface area contributed by atoms with Gasteiger partial charge in [0, 0.05) is 5.02 Å². The van der Waals surface area contributed by atoms with Crippen molar-refractivity contribution in [1.82, 2.24) is 0 Å². The standard InChI is InChI=1S/C11H15ClO/c1-8(2)11(3,13)9-5-4-6-10(12)7-9/h4-8,13H,1-3H3/t11-/m0/s1. The van der Waals surface area contributed by atoms with Gasteiger partial charge < -0.3 is 5.11 Å². The third-order valence-corrected chi connectivity index (χ3v) is 2.77. The Hall–Kier alpha value is -0.530. The Labute approximate surface area is 84.4 Å². The molecule has 1 nitrogen and oxygen atoms in total. The van der Waals surface area contributed by atoms with Crippen LogP contribution in [0.25, 0.3) is 0 Å². The molecule has 2 heteroatoms. The van der Waals surface area contributed by atoms with Gasteiger partial charge in [0.15, 0.2) is 0 Å². The molecule has 1 atom stereocenters. The number of hydrogen-bond donors (Lipinski definition) is 1. The molecule has 0 saturated carbocycles. The van der Waals surface area contributed by atoms with Gasteiger partial charge in [-0.2, -0.15) is 0 Å². The number of aliphatic hydroxyl groups is 1. The van der Waals surface area contributed by atoms with Gasteiger partial charge in [-0.3, -0.25) is 0 Å². The summed E-state index contributed by atoms with van der Waals surface area (Å²) >= 11 is 5.84. The molecule has 72 valence electrons. The van der Waals surface area contributed by atoms with E-state index in [1.54, 1.807) is 0 Å². The predicted molar refractivity (Wildman–Crippen MR) is 55.9 cm³/mol. The van der Waals surface area contributed by atoms with Crippen LogP contribution < -0.4 is 0 Å². The van der Waals surface area contributed by atoms with Gasteiger partial charge in [-0.15, -0.1) is 0 Å². The van der Waals surface area contributed by atoms with E-state index in [9.17, 15) is 5.11 Å². The second kappa shape index (κ2) is 3.69. The first-order valence-corrected chi connectivity index (χ1v) is 4.81. The zero-order valence-corrected chi connectivity index (χ0v) is 8.97. The molecule has 0 bridgehead atoms. The van der Waals surface area contributed by atoms with Crippen LogP contribution in [0, 0.1) is 5.92 Å². The molecule has 0 saturated heterocycles.